The second kappa shape index (κ2) is 5.35. The van der Waals surface area contributed by atoms with Crippen LogP contribution in [0.15, 0.2) is 0 Å². The summed E-state index contributed by atoms with van der Waals surface area (Å²) in [6, 6.07) is 0. The number of fused-ring (bicyclic) bond motifs is 1. The second-order valence-electron chi connectivity index (χ2n) is 6.62. The zero-order valence-corrected chi connectivity index (χ0v) is 12.1. The lowest BCUT2D eigenvalue weighted by molar-refractivity contribution is -0.139. The maximum Gasteiger partial charge on any atom is 0.227 e. The Morgan fingerprint density at radius 1 is 1.05 bits per heavy atom. The highest BCUT2D eigenvalue weighted by Crippen LogP contribution is 2.38. The molecule has 20 heavy (non-hydrogen) atoms. The molecule has 3 fully saturated rings. The van der Waals surface area contributed by atoms with Crippen LogP contribution >= 0.6 is 0 Å². The van der Waals surface area contributed by atoms with Crippen LogP contribution < -0.4 is 0 Å². The van der Waals surface area contributed by atoms with Gasteiger partial charge in [0.2, 0.25) is 11.8 Å². The topological polar surface area (TPSA) is 60.9 Å². The molecule has 4 atom stereocenters. The molecule has 4 unspecified atom stereocenters. The van der Waals surface area contributed by atoms with Gasteiger partial charge >= 0.3 is 0 Å². The fraction of sp³-hybridized carbons (Fsp3) is 0.867. The van der Waals surface area contributed by atoms with Gasteiger partial charge < -0.3 is 14.9 Å². The monoisotopic (exact) mass is 280 g/mol. The van der Waals surface area contributed by atoms with Crippen LogP contribution in [0, 0.1) is 17.8 Å². The molecule has 0 bridgehead atoms. The lowest BCUT2D eigenvalue weighted by Gasteiger charge is -2.33. The van der Waals surface area contributed by atoms with Gasteiger partial charge in [-0.15, -0.1) is 0 Å². The van der Waals surface area contributed by atoms with Crippen molar-refractivity contribution in [2.75, 3.05) is 26.2 Å². The van der Waals surface area contributed by atoms with Gasteiger partial charge in [0.1, 0.15) is 0 Å². The number of piperidine rings is 1. The molecule has 1 N–H and O–H groups in total. The van der Waals surface area contributed by atoms with E-state index in [9.17, 15) is 14.7 Å². The summed E-state index contributed by atoms with van der Waals surface area (Å²) < 4.78 is 0. The Morgan fingerprint density at radius 3 is 2.55 bits per heavy atom. The fourth-order valence-electron chi connectivity index (χ4n) is 4.14. The molecule has 1 aliphatic carbocycles. The van der Waals surface area contributed by atoms with Crippen LogP contribution in [0.2, 0.25) is 0 Å². The number of aliphatic hydroxyl groups excluding tert-OH is 1. The maximum atomic E-state index is 12.6. The van der Waals surface area contributed by atoms with Gasteiger partial charge in [-0.3, -0.25) is 9.59 Å². The van der Waals surface area contributed by atoms with Crippen LogP contribution in [0.3, 0.4) is 0 Å². The minimum absolute atomic E-state index is 0.0383. The number of hydrogen-bond donors (Lipinski definition) is 1. The Hall–Kier alpha value is -1.10. The van der Waals surface area contributed by atoms with Crippen molar-refractivity contribution < 1.29 is 14.7 Å². The Kier molecular flexibility index (Phi) is 3.71. The van der Waals surface area contributed by atoms with Gasteiger partial charge in [0.05, 0.1) is 12.0 Å². The first kappa shape index (κ1) is 13.9. The Morgan fingerprint density at radius 2 is 1.85 bits per heavy atom. The van der Waals surface area contributed by atoms with Crippen LogP contribution in [-0.2, 0) is 9.59 Å². The highest BCUT2D eigenvalue weighted by Gasteiger charge is 2.44. The van der Waals surface area contributed by atoms with E-state index in [0.717, 1.165) is 38.8 Å². The molecule has 0 aromatic heterocycles. The van der Waals surface area contributed by atoms with Gasteiger partial charge in [-0.25, -0.2) is 0 Å². The molecule has 0 spiro atoms. The van der Waals surface area contributed by atoms with Crippen molar-refractivity contribution in [2.45, 2.75) is 38.7 Å². The lowest BCUT2D eigenvalue weighted by Crippen LogP contribution is -2.46. The Balaban J connectivity index is 1.61. The first-order chi connectivity index (χ1) is 9.56. The van der Waals surface area contributed by atoms with Crippen molar-refractivity contribution in [3.63, 3.8) is 0 Å². The third-order valence-corrected chi connectivity index (χ3v) is 5.35. The Bertz CT molecular complexity index is 412. The zero-order chi connectivity index (χ0) is 14.3. The zero-order valence-electron chi connectivity index (χ0n) is 12.1. The largest absolute Gasteiger partial charge is 0.393 e. The van der Waals surface area contributed by atoms with Crippen molar-refractivity contribution in [1.82, 2.24) is 9.80 Å². The van der Waals surface area contributed by atoms with Crippen molar-refractivity contribution >= 4 is 11.8 Å². The van der Waals surface area contributed by atoms with Gasteiger partial charge in [0.15, 0.2) is 0 Å². The van der Waals surface area contributed by atoms with Gasteiger partial charge in [0, 0.05) is 39.0 Å². The molecule has 2 heterocycles. The number of carbonyl (C=O) groups is 2. The molecule has 0 aromatic rings. The standard InChI is InChI=1S/C15H24N2O3/c1-10(18)16-6-2-3-12(8-16)15(20)17-7-11-4-5-14(19)13(11)9-17/h11-14,19H,2-9H2,1H3. The number of hydrogen-bond acceptors (Lipinski definition) is 3. The van der Waals surface area contributed by atoms with Crippen LogP contribution in [-0.4, -0.2) is 59.0 Å². The maximum absolute atomic E-state index is 12.6. The second-order valence-corrected chi connectivity index (χ2v) is 6.62. The summed E-state index contributed by atoms with van der Waals surface area (Å²) >= 11 is 0. The normalized spacial score (nSPS) is 37.1. The molecule has 1 saturated carbocycles. The molecule has 3 aliphatic rings. The highest BCUT2D eigenvalue weighted by atomic mass is 16.3. The molecule has 112 valence electrons. The van der Waals surface area contributed by atoms with E-state index in [4.69, 9.17) is 0 Å². The minimum atomic E-state index is -0.224. The first-order valence-electron chi connectivity index (χ1n) is 7.78. The molecule has 5 heteroatoms. The summed E-state index contributed by atoms with van der Waals surface area (Å²) in [5, 5.41) is 9.93. The molecular formula is C15H24N2O3. The van der Waals surface area contributed by atoms with Crippen molar-refractivity contribution in [2.24, 2.45) is 17.8 Å². The first-order valence-corrected chi connectivity index (χ1v) is 7.78. The van der Waals surface area contributed by atoms with E-state index in [0.29, 0.717) is 19.0 Å². The molecule has 2 aliphatic heterocycles. The van der Waals surface area contributed by atoms with E-state index in [1.165, 1.54) is 0 Å². The molecule has 2 amide bonds. The Labute approximate surface area is 119 Å². The number of carbonyl (C=O) groups excluding carboxylic acids is 2. The smallest absolute Gasteiger partial charge is 0.227 e. The molecule has 2 saturated heterocycles. The third kappa shape index (κ3) is 2.43. The van der Waals surface area contributed by atoms with E-state index < -0.39 is 0 Å². The van der Waals surface area contributed by atoms with Crippen LogP contribution in [0.4, 0.5) is 0 Å². The van der Waals surface area contributed by atoms with Crippen LogP contribution in [0.1, 0.15) is 32.6 Å². The number of nitrogens with zero attached hydrogens (tertiary/aromatic N) is 2. The van der Waals surface area contributed by atoms with E-state index in [-0.39, 0.29) is 29.8 Å². The quantitative estimate of drug-likeness (QED) is 0.760. The van der Waals surface area contributed by atoms with E-state index in [2.05, 4.69) is 0 Å². The van der Waals surface area contributed by atoms with E-state index in [1.807, 2.05) is 4.90 Å². The van der Waals surface area contributed by atoms with Gasteiger partial charge in [-0.1, -0.05) is 0 Å². The summed E-state index contributed by atoms with van der Waals surface area (Å²) in [6.07, 6.45) is 3.51. The van der Waals surface area contributed by atoms with Gasteiger partial charge in [-0.05, 0) is 31.6 Å². The SMILES string of the molecule is CC(=O)N1CCCC(C(=O)N2CC3CCC(O)C3C2)C1. The predicted molar refractivity (Wildman–Crippen MR) is 73.8 cm³/mol. The lowest BCUT2D eigenvalue weighted by atomic mass is 9.96. The van der Waals surface area contributed by atoms with Gasteiger partial charge in [0.25, 0.3) is 0 Å². The van der Waals surface area contributed by atoms with Crippen molar-refractivity contribution in [3.8, 4) is 0 Å². The summed E-state index contributed by atoms with van der Waals surface area (Å²) in [4.78, 5) is 27.8. The molecule has 0 aromatic carbocycles. The molecule has 3 rings (SSSR count). The summed E-state index contributed by atoms with van der Waals surface area (Å²) in [6.45, 7) is 4.44. The summed E-state index contributed by atoms with van der Waals surface area (Å²) in [5.41, 5.74) is 0. The predicted octanol–water partition coefficient (Wildman–Crippen LogP) is 0.474. The van der Waals surface area contributed by atoms with Crippen molar-refractivity contribution in [1.29, 1.82) is 0 Å². The van der Waals surface area contributed by atoms with Crippen LogP contribution in [0.5, 0.6) is 0 Å². The number of aliphatic hydroxyl groups is 1. The van der Waals surface area contributed by atoms with E-state index in [1.54, 1.807) is 11.8 Å². The fourth-order valence-corrected chi connectivity index (χ4v) is 4.14. The minimum Gasteiger partial charge on any atom is -0.393 e. The van der Waals surface area contributed by atoms with Gasteiger partial charge in [-0.2, -0.15) is 0 Å². The van der Waals surface area contributed by atoms with Crippen molar-refractivity contribution in [3.05, 3.63) is 0 Å². The molecule has 5 nitrogen and oxygen atoms in total. The molecular weight excluding hydrogens is 256 g/mol. The average molecular weight is 280 g/mol. The average Bonchev–Trinajstić information content (AvgIpc) is 3.01. The highest BCUT2D eigenvalue weighted by molar-refractivity contribution is 5.81. The number of amides is 2. The third-order valence-electron chi connectivity index (χ3n) is 5.35. The van der Waals surface area contributed by atoms with E-state index >= 15 is 0 Å². The molecule has 0 radical (unpaired) electrons. The summed E-state index contributed by atoms with van der Waals surface area (Å²) in [7, 11) is 0. The number of rotatable bonds is 1. The van der Waals surface area contributed by atoms with Crippen LogP contribution in [0.25, 0.3) is 0 Å². The summed E-state index contributed by atoms with van der Waals surface area (Å²) in [5.74, 6) is 0.991. The number of likely N-dealkylation sites (tertiary alicyclic amines) is 2.